The molecule has 0 saturated heterocycles. The fraction of sp³-hybridized carbons (Fsp3) is 0.688. The molecular formula is C16H25NO2S. The van der Waals surface area contributed by atoms with Crippen LogP contribution in [0, 0.1) is 5.41 Å². The molecule has 1 aromatic rings. The number of unbranched alkanes of at least 4 members (excludes halogenated alkanes) is 1. The van der Waals surface area contributed by atoms with Crippen LogP contribution in [0.3, 0.4) is 0 Å². The molecular weight excluding hydrogens is 270 g/mol. The summed E-state index contributed by atoms with van der Waals surface area (Å²) in [6, 6.07) is 0. The van der Waals surface area contributed by atoms with Crippen LogP contribution in [0.15, 0.2) is 0 Å². The van der Waals surface area contributed by atoms with E-state index in [0.29, 0.717) is 13.2 Å². The van der Waals surface area contributed by atoms with E-state index < -0.39 is 0 Å². The van der Waals surface area contributed by atoms with Crippen molar-refractivity contribution >= 4 is 17.3 Å². The maximum atomic E-state index is 12.4. The number of ether oxygens (including phenoxy) is 1. The molecule has 0 atom stereocenters. The van der Waals surface area contributed by atoms with Crippen molar-refractivity contribution in [2.45, 2.75) is 59.4 Å². The van der Waals surface area contributed by atoms with Crippen molar-refractivity contribution in [3.8, 4) is 0 Å². The number of nitrogens with two attached hydrogens (primary N) is 1. The fourth-order valence-corrected chi connectivity index (χ4v) is 3.93. The topological polar surface area (TPSA) is 52.3 Å². The van der Waals surface area contributed by atoms with Gasteiger partial charge in [0.2, 0.25) is 0 Å². The molecule has 0 radical (unpaired) electrons. The van der Waals surface area contributed by atoms with Crippen molar-refractivity contribution in [3.63, 3.8) is 0 Å². The van der Waals surface area contributed by atoms with Gasteiger partial charge >= 0.3 is 5.97 Å². The van der Waals surface area contributed by atoms with Crippen LogP contribution >= 0.6 is 11.3 Å². The summed E-state index contributed by atoms with van der Waals surface area (Å²) >= 11 is 1.70. The standard InChI is InChI=1S/C16H25NO2S/c1-4-5-8-19-15(18)14-11-9-16(2,3)7-6-12(11)20-13(14)10-17/h4-10,17H2,1-3H3. The first kappa shape index (κ1) is 15.5. The molecule has 2 N–H and O–H groups in total. The number of hydrogen-bond donors (Lipinski definition) is 1. The highest BCUT2D eigenvalue weighted by Crippen LogP contribution is 2.41. The van der Waals surface area contributed by atoms with Gasteiger partial charge in [-0.15, -0.1) is 11.3 Å². The average molecular weight is 295 g/mol. The predicted molar refractivity (Wildman–Crippen MR) is 83.2 cm³/mol. The van der Waals surface area contributed by atoms with Gasteiger partial charge in [-0.2, -0.15) is 0 Å². The fourth-order valence-electron chi connectivity index (χ4n) is 2.74. The molecule has 3 nitrogen and oxygen atoms in total. The van der Waals surface area contributed by atoms with E-state index in [4.69, 9.17) is 10.5 Å². The number of carbonyl (C=O) groups is 1. The molecule has 1 heterocycles. The summed E-state index contributed by atoms with van der Waals surface area (Å²) in [6.07, 6.45) is 5.14. The third-order valence-corrected chi connectivity index (χ3v) is 5.28. The summed E-state index contributed by atoms with van der Waals surface area (Å²) in [5, 5.41) is 0. The molecule has 0 aliphatic heterocycles. The first-order valence-electron chi connectivity index (χ1n) is 7.49. The lowest BCUT2D eigenvalue weighted by molar-refractivity contribution is 0.0497. The second-order valence-corrected chi connectivity index (χ2v) is 7.53. The van der Waals surface area contributed by atoms with Gasteiger partial charge in [-0.25, -0.2) is 4.79 Å². The van der Waals surface area contributed by atoms with E-state index in [1.165, 1.54) is 16.9 Å². The van der Waals surface area contributed by atoms with E-state index in [1.807, 2.05) is 0 Å². The Bertz CT molecular complexity index is 491. The van der Waals surface area contributed by atoms with E-state index in [2.05, 4.69) is 20.8 Å². The Morgan fingerprint density at radius 1 is 1.45 bits per heavy atom. The highest BCUT2D eigenvalue weighted by atomic mass is 32.1. The van der Waals surface area contributed by atoms with Gasteiger partial charge in [0.15, 0.2) is 0 Å². The van der Waals surface area contributed by atoms with Crippen LogP contribution in [-0.2, 0) is 24.1 Å². The van der Waals surface area contributed by atoms with Crippen LogP contribution in [0.4, 0.5) is 0 Å². The Kier molecular flexibility index (Phi) is 4.86. The zero-order chi connectivity index (χ0) is 14.8. The molecule has 0 amide bonds. The summed E-state index contributed by atoms with van der Waals surface area (Å²) in [6.45, 7) is 7.56. The van der Waals surface area contributed by atoms with Crippen LogP contribution in [0.5, 0.6) is 0 Å². The summed E-state index contributed by atoms with van der Waals surface area (Å²) in [4.78, 5) is 14.7. The molecule has 0 saturated carbocycles. The highest BCUT2D eigenvalue weighted by Gasteiger charge is 2.32. The van der Waals surface area contributed by atoms with E-state index >= 15 is 0 Å². The number of fused-ring (bicyclic) bond motifs is 1. The van der Waals surface area contributed by atoms with Crippen molar-refractivity contribution in [1.82, 2.24) is 0 Å². The van der Waals surface area contributed by atoms with Gasteiger partial charge in [-0.3, -0.25) is 0 Å². The lowest BCUT2D eigenvalue weighted by atomic mass is 9.76. The summed E-state index contributed by atoms with van der Waals surface area (Å²) in [7, 11) is 0. The molecule has 0 fully saturated rings. The molecule has 2 rings (SSSR count). The van der Waals surface area contributed by atoms with Crippen LogP contribution < -0.4 is 5.73 Å². The van der Waals surface area contributed by atoms with Crippen LogP contribution in [0.25, 0.3) is 0 Å². The molecule has 0 aromatic carbocycles. The zero-order valence-electron chi connectivity index (χ0n) is 12.8. The minimum absolute atomic E-state index is 0.172. The van der Waals surface area contributed by atoms with Gasteiger partial charge in [-0.05, 0) is 36.7 Å². The van der Waals surface area contributed by atoms with Gasteiger partial charge in [0.1, 0.15) is 0 Å². The second kappa shape index (κ2) is 6.27. The largest absolute Gasteiger partial charge is 0.462 e. The monoisotopic (exact) mass is 295 g/mol. The van der Waals surface area contributed by atoms with Crippen molar-refractivity contribution in [3.05, 3.63) is 20.9 Å². The molecule has 0 spiro atoms. The number of hydrogen-bond acceptors (Lipinski definition) is 4. The van der Waals surface area contributed by atoms with Gasteiger partial charge in [0.25, 0.3) is 0 Å². The van der Waals surface area contributed by atoms with E-state index in [-0.39, 0.29) is 11.4 Å². The van der Waals surface area contributed by atoms with E-state index in [9.17, 15) is 4.79 Å². The Hall–Kier alpha value is -0.870. The number of esters is 1. The van der Waals surface area contributed by atoms with Gasteiger partial charge in [0.05, 0.1) is 12.2 Å². The van der Waals surface area contributed by atoms with Crippen molar-refractivity contribution in [2.75, 3.05) is 6.61 Å². The highest BCUT2D eigenvalue weighted by molar-refractivity contribution is 7.12. The Labute approximate surface area is 125 Å². The van der Waals surface area contributed by atoms with Crippen molar-refractivity contribution < 1.29 is 9.53 Å². The maximum absolute atomic E-state index is 12.4. The Morgan fingerprint density at radius 2 is 2.20 bits per heavy atom. The zero-order valence-corrected chi connectivity index (χ0v) is 13.6. The van der Waals surface area contributed by atoms with Crippen LogP contribution in [0.1, 0.15) is 65.7 Å². The molecule has 20 heavy (non-hydrogen) atoms. The Morgan fingerprint density at radius 3 is 2.85 bits per heavy atom. The second-order valence-electron chi connectivity index (χ2n) is 6.34. The molecule has 1 aliphatic rings. The third-order valence-electron chi connectivity index (χ3n) is 3.97. The lowest BCUT2D eigenvalue weighted by Gasteiger charge is -2.29. The van der Waals surface area contributed by atoms with Gasteiger partial charge in [-0.1, -0.05) is 27.2 Å². The third kappa shape index (κ3) is 3.23. The van der Waals surface area contributed by atoms with Gasteiger partial charge in [0, 0.05) is 16.3 Å². The number of aryl methyl sites for hydroxylation is 1. The van der Waals surface area contributed by atoms with Crippen molar-refractivity contribution in [1.29, 1.82) is 0 Å². The van der Waals surface area contributed by atoms with Gasteiger partial charge < -0.3 is 10.5 Å². The Balaban J connectivity index is 2.27. The molecule has 0 bridgehead atoms. The normalized spacial score (nSPS) is 16.8. The SMILES string of the molecule is CCCCOC(=O)c1c(CN)sc2c1CC(C)(C)CC2. The number of carbonyl (C=O) groups excluding carboxylic acids is 1. The minimum Gasteiger partial charge on any atom is -0.462 e. The van der Waals surface area contributed by atoms with Crippen LogP contribution in [0.2, 0.25) is 0 Å². The first-order chi connectivity index (χ1) is 9.48. The summed E-state index contributed by atoms with van der Waals surface area (Å²) in [5.41, 5.74) is 8.06. The molecule has 1 aliphatic carbocycles. The smallest absolute Gasteiger partial charge is 0.339 e. The average Bonchev–Trinajstić information content (AvgIpc) is 2.75. The number of rotatable bonds is 5. The van der Waals surface area contributed by atoms with Crippen LogP contribution in [-0.4, -0.2) is 12.6 Å². The molecule has 4 heteroatoms. The summed E-state index contributed by atoms with van der Waals surface area (Å²) < 4.78 is 5.42. The number of thiophene rings is 1. The molecule has 112 valence electrons. The van der Waals surface area contributed by atoms with E-state index in [0.717, 1.165) is 36.1 Å². The lowest BCUT2D eigenvalue weighted by Crippen LogP contribution is -2.23. The minimum atomic E-state index is -0.172. The maximum Gasteiger partial charge on any atom is 0.339 e. The quantitative estimate of drug-likeness (QED) is 0.666. The molecule has 0 unspecified atom stereocenters. The van der Waals surface area contributed by atoms with Crippen molar-refractivity contribution in [2.24, 2.45) is 11.1 Å². The molecule has 1 aromatic heterocycles. The van der Waals surface area contributed by atoms with E-state index in [1.54, 1.807) is 11.3 Å². The first-order valence-corrected chi connectivity index (χ1v) is 8.30. The summed E-state index contributed by atoms with van der Waals surface area (Å²) in [5.74, 6) is -0.172. The predicted octanol–water partition coefficient (Wildman–Crippen LogP) is 3.68.